The molecule has 144 valence electrons. The second kappa shape index (κ2) is 18.5. The monoisotopic (exact) mass is 768 g/mol. The average molecular weight is 768 g/mol. The van der Waals surface area contributed by atoms with E-state index in [1.54, 1.807) is 0 Å². The zero-order chi connectivity index (χ0) is 19.4. The van der Waals surface area contributed by atoms with Crippen molar-refractivity contribution >= 4 is 193 Å². The molecule has 0 aromatic rings. The summed E-state index contributed by atoms with van der Waals surface area (Å²) in [6, 6.07) is 0. The van der Waals surface area contributed by atoms with Crippen molar-refractivity contribution in [2.75, 3.05) is 0 Å². The summed E-state index contributed by atoms with van der Waals surface area (Å²) in [4.78, 5) is 0. The maximum atomic E-state index is 3.98. The molecule has 0 heterocycles. The van der Waals surface area contributed by atoms with Crippen LogP contribution in [0.15, 0.2) is 0 Å². The highest BCUT2D eigenvalue weighted by Crippen LogP contribution is 3.34. The molecule has 0 amide bonds. The third-order valence-corrected chi connectivity index (χ3v) is 154. The molecule has 0 saturated heterocycles. The minimum absolute atomic E-state index is 0.0274. The summed E-state index contributed by atoms with van der Waals surface area (Å²) in [5.74, 6) is 0. The van der Waals surface area contributed by atoms with Gasteiger partial charge in [0, 0.05) is 0 Å². The Morgan fingerprint density at radius 1 is 0.375 bits per heavy atom. The van der Waals surface area contributed by atoms with E-state index in [9.17, 15) is 0 Å². The second-order valence-corrected chi connectivity index (χ2v) is 97.3. The van der Waals surface area contributed by atoms with Crippen molar-refractivity contribution in [1.82, 2.24) is 0 Å². The van der Waals surface area contributed by atoms with E-state index in [4.69, 9.17) is 0 Å². The average Bonchev–Trinajstić information content (AvgIpc) is 2.35. The van der Waals surface area contributed by atoms with E-state index in [0.717, 1.165) is 0 Å². The molecule has 0 nitrogen and oxygen atoms in total. The van der Waals surface area contributed by atoms with Gasteiger partial charge in [-0.15, -0.1) is 98.2 Å². The molecule has 2 radical (unpaired) electrons. The second-order valence-electron chi connectivity index (χ2n) is 3.61. The van der Waals surface area contributed by atoms with Gasteiger partial charge in [0.15, 0.2) is 0 Å². The highest BCUT2D eigenvalue weighted by Gasteiger charge is 2.45. The molecule has 0 fully saturated rings. The minimum Gasteiger partial charge on any atom is -0.102 e. The molecule has 0 aromatic heterocycles. The normalized spacial score (nSPS) is 16.2. The molecule has 0 saturated carbocycles. The maximum Gasteiger partial charge on any atom is -0.000465 e. The smallest absolute Gasteiger partial charge is 0.000465 e. The van der Waals surface area contributed by atoms with E-state index in [2.05, 4.69) is 116 Å². The summed E-state index contributed by atoms with van der Waals surface area (Å²) in [5.41, 5.74) is 0. The molecule has 24 heavy (non-hydrogen) atoms. The standard InChI is InChI=1S/H24P24/c1-14(2)20(13)23(19(11)12)24(21(15(3)4)16(5)6)22(17(7)8)18(9)10/h1-2H,3-13H2. The third kappa shape index (κ3) is 12.5. The van der Waals surface area contributed by atoms with E-state index in [0.29, 0.717) is 0 Å². The van der Waals surface area contributed by atoms with Crippen molar-refractivity contribution in [3.63, 3.8) is 0 Å². The van der Waals surface area contributed by atoms with Gasteiger partial charge < -0.3 is 0 Å². The van der Waals surface area contributed by atoms with Crippen LogP contribution in [0.3, 0.4) is 0 Å². The summed E-state index contributed by atoms with van der Waals surface area (Å²) in [6.07, 6.45) is 0. The summed E-state index contributed by atoms with van der Waals surface area (Å²) >= 11 is 0. The van der Waals surface area contributed by atoms with E-state index in [1.807, 2.05) is 0 Å². The van der Waals surface area contributed by atoms with Gasteiger partial charge in [0.05, 0.1) is 0 Å². The van der Waals surface area contributed by atoms with Crippen molar-refractivity contribution in [1.29, 1.82) is 0 Å². The van der Waals surface area contributed by atoms with Gasteiger partial charge in [-0.1, -0.05) is 17.9 Å². The SMILES string of the molecule is [PH]P([PH])P(P)P(P(P)P)P(P(P(P)P)P(P)P)P(P(P)P)P(P)P. The summed E-state index contributed by atoms with van der Waals surface area (Å²) < 4.78 is 0. The summed E-state index contributed by atoms with van der Waals surface area (Å²) in [6.45, 7) is -0.196. The van der Waals surface area contributed by atoms with Crippen molar-refractivity contribution < 1.29 is 0 Å². The Kier molecular flexibility index (Phi) is 26.5. The van der Waals surface area contributed by atoms with Gasteiger partial charge in [-0.05, 0) is 76.9 Å². The Balaban J connectivity index is 6.24. The first-order chi connectivity index (χ1) is 10.8. The number of hydrogen-bond acceptors (Lipinski definition) is 0. The van der Waals surface area contributed by atoms with Crippen LogP contribution in [0, 0.1) is 0 Å². The Morgan fingerprint density at radius 2 is 0.625 bits per heavy atom. The van der Waals surface area contributed by atoms with E-state index in [-0.39, 0.29) is 76.9 Å². The lowest BCUT2D eigenvalue weighted by atomic mass is 28.5. The molecule has 0 aliphatic rings. The fraction of sp³-hybridized carbons (Fsp3) is 0. The Morgan fingerprint density at radius 3 is 0.792 bits per heavy atom. The lowest BCUT2D eigenvalue weighted by molar-refractivity contribution is 4.46. The zero-order valence-electron chi connectivity index (χ0n) is 12.3. The van der Waals surface area contributed by atoms with Crippen LogP contribution in [0.4, 0.5) is 0 Å². The molecule has 0 aromatic carbocycles. The predicted molar refractivity (Wildman–Crippen MR) is 200 cm³/mol. The van der Waals surface area contributed by atoms with Crippen molar-refractivity contribution in [2.24, 2.45) is 0 Å². The molecular weight excluding hydrogens is 743 g/mol. The topological polar surface area (TPSA) is 0 Å². The fourth-order valence-corrected chi connectivity index (χ4v) is 287. The predicted octanol–water partition coefficient (Wildman–Crippen LogP) is 14.2. The molecule has 13 atom stereocenters. The molecular formula is H24P24. The van der Waals surface area contributed by atoms with Crippen LogP contribution >= 0.6 is 193 Å². The maximum absolute atomic E-state index is 3.98. The Labute approximate surface area is 191 Å². The van der Waals surface area contributed by atoms with E-state index < -0.39 is 0 Å². The molecule has 0 aliphatic carbocycles. The molecule has 13 unspecified atom stereocenters. The molecule has 0 bridgehead atoms. The van der Waals surface area contributed by atoms with Crippen molar-refractivity contribution in [3.8, 4) is 0 Å². The van der Waals surface area contributed by atoms with Gasteiger partial charge in [0.25, 0.3) is 0 Å². The molecule has 0 rings (SSSR count). The Bertz CT molecular complexity index is 285. The van der Waals surface area contributed by atoms with Gasteiger partial charge in [-0.25, -0.2) is 0 Å². The summed E-state index contributed by atoms with van der Waals surface area (Å²) in [7, 11) is 43.2. The van der Waals surface area contributed by atoms with Gasteiger partial charge in [-0.2, -0.15) is 0 Å². The number of rotatable bonds is 10. The van der Waals surface area contributed by atoms with Crippen LogP contribution in [0.5, 0.6) is 0 Å². The van der Waals surface area contributed by atoms with Crippen molar-refractivity contribution in [3.05, 3.63) is 0 Å². The molecule has 0 spiro atoms. The first-order valence-electron chi connectivity index (χ1n) is 5.29. The van der Waals surface area contributed by atoms with Gasteiger partial charge >= 0.3 is 0 Å². The Hall–Kier alpha value is 10.3. The number of hydrogen-bond donors (Lipinski definition) is 0. The lowest BCUT2D eigenvalue weighted by Gasteiger charge is -2.48. The highest BCUT2D eigenvalue weighted by molar-refractivity contribution is 9.39. The summed E-state index contributed by atoms with van der Waals surface area (Å²) in [5, 5.41) is 0. The van der Waals surface area contributed by atoms with Gasteiger partial charge in [0.2, 0.25) is 0 Å². The van der Waals surface area contributed by atoms with E-state index in [1.165, 1.54) is 0 Å². The lowest BCUT2D eigenvalue weighted by Crippen LogP contribution is -1.60. The highest BCUT2D eigenvalue weighted by atomic mass is 33.4. The molecule has 24 heteroatoms. The van der Waals surface area contributed by atoms with Crippen molar-refractivity contribution in [2.45, 2.75) is 0 Å². The zero-order valence-corrected chi connectivity index (χ0v) is 36.8. The van der Waals surface area contributed by atoms with E-state index >= 15 is 0 Å². The quantitative estimate of drug-likeness (QED) is 0.194. The molecule has 0 N–H and O–H groups in total. The first-order valence-corrected chi connectivity index (χ1v) is 47.6. The van der Waals surface area contributed by atoms with Crippen LogP contribution in [0.25, 0.3) is 0 Å². The minimum atomic E-state index is -0.224. The van der Waals surface area contributed by atoms with Crippen LogP contribution < -0.4 is 0 Å². The first kappa shape index (κ1) is 34.3. The largest absolute Gasteiger partial charge is 0.102 e. The molecule has 0 aliphatic heterocycles. The fourth-order valence-electron chi connectivity index (χ4n) is 1.18. The van der Waals surface area contributed by atoms with Gasteiger partial charge in [0.1, 0.15) is 0 Å². The van der Waals surface area contributed by atoms with Crippen LogP contribution in [-0.4, -0.2) is 0 Å². The van der Waals surface area contributed by atoms with Crippen LogP contribution in [0.2, 0.25) is 0 Å². The van der Waals surface area contributed by atoms with Crippen LogP contribution in [0.1, 0.15) is 0 Å². The van der Waals surface area contributed by atoms with Crippen LogP contribution in [-0.2, 0) is 0 Å². The third-order valence-electron chi connectivity index (χ3n) is 1.90. The van der Waals surface area contributed by atoms with Gasteiger partial charge in [-0.3, -0.25) is 0 Å².